The van der Waals surface area contributed by atoms with Crippen molar-refractivity contribution in [2.24, 2.45) is 4.99 Å². The predicted molar refractivity (Wildman–Crippen MR) is 131 cm³/mol. The Labute approximate surface area is 199 Å². The van der Waals surface area contributed by atoms with Crippen LogP contribution in [0.1, 0.15) is 11.1 Å². The predicted octanol–water partition coefficient (Wildman–Crippen LogP) is 6.39. The molecule has 5 nitrogen and oxygen atoms in total. The normalized spacial score (nSPS) is 14.4. The number of methoxy groups -OCH3 is 1. The molecule has 5 rings (SSSR count). The first kappa shape index (κ1) is 21.2. The van der Waals surface area contributed by atoms with E-state index in [-0.39, 0.29) is 11.6 Å². The smallest absolute Gasteiger partial charge is 0.363 e. The number of cyclic esters (lactones) is 1. The lowest BCUT2D eigenvalue weighted by atomic mass is 10.1. The average Bonchev–Trinajstić information content (AvgIpc) is 3.21. The largest absolute Gasteiger partial charge is 0.497 e. The van der Waals surface area contributed by atoms with Crippen LogP contribution in [-0.4, -0.2) is 24.0 Å². The Balaban J connectivity index is 1.60. The fourth-order valence-corrected chi connectivity index (χ4v) is 4.34. The second-order valence-corrected chi connectivity index (χ2v) is 8.70. The van der Waals surface area contributed by atoms with Crippen LogP contribution >= 0.6 is 23.4 Å². The summed E-state index contributed by atoms with van der Waals surface area (Å²) in [5, 5.41) is 2.29. The molecule has 0 fully saturated rings. The van der Waals surface area contributed by atoms with E-state index in [4.69, 9.17) is 26.1 Å². The third-order valence-electron chi connectivity index (χ3n) is 4.98. The molecule has 0 saturated carbocycles. The number of benzene rings is 3. The van der Waals surface area contributed by atoms with E-state index < -0.39 is 5.97 Å². The van der Waals surface area contributed by atoms with Crippen LogP contribution < -0.4 is 4.74 Å². The van der Waals surface area contributed by atoms with Crippen LogP contribution in [0.3, 0.4) is 0 Å². The minimum absolute atomic E-state index is 0.218. The van der Waals surface area contributed by atoms with E-state index in [1.807, 2.05) is 78.9 Å². The highest BCUT2D eigenvalue weighted by Gasteiger charge is 2.24. The molecule has 0 atom stereocenters. The van der Waals surface area contributed by atoms with Crippen LogP contribution in [0.2, 0.25) is 5.02 Å². The van der Waals surface area contributed by atoms with E-state index in [1.165, 1.54) is 11.8 Å². The van der Waals surface area contributed by atoms with Crippen molar-refractivity contribution in [1.29, 1.82) is 0 Å². The van der Waals surface area contributed by atoms with Crippen LogP contribution in [0, 0.1) is 0 Å². The topological polar surface area (TPSA) is 60.8 Å². The molecule has 162 valence electrons. The van der Waals surface area contributed by atoms with Crippen molar-refractivity contribution in [3.8, 4) is 5.75 Å². The third kappa shape index (κ3) is 4.62. The van der Waals surface area contributed by atoms with Gasteiger partial charge in [-0.1, -0.05) is 41.6 Å². The molecule has 1 aliphatic rings. The molecule has 0 bridgehead atoms. The van der Waals surface area contributed by atoms with Gasteiger partial charge in [0.25, 0.3) is 0 Å². The average molecular weight is 473 g/mol. The number of nitrogens with zero attached hydrogens (tertiary/aromatic N) is 2. The molecule has 7 heteroatoms. The molecular formula is C26H17ClN2O3S. The Morgan fingerprint density at radius 1 is 1.00 bits per heavy atom. The summed E-state index contributed by atoms with van der Waals surface area (Å²) in [4.78, 5) is 22.8. The number of hydrogen-bond donors (Lipinski definition) is 0. The second-order valence-electron chi connectivity index (χ2n) is 7.20. The zero-order valence-electron chi connectivity index (χ0n) is 17.5. The van der Waals surface area contributed by atoms with Crippen LogP contribution in [0.5, 0.6) is 5.75 Å². The van der Waals surface area contributed by atoms with Gasteiger partial charge in [0.2, 0.25) is 5.90 Å². The van der Waals surface area contributed by atoms with Gasteiger partial charge in [0, 0.05) is 26.4 Å². The zero-order chi connectivity index (χ0) is 22.8. The minimum atomic E-state index is -0.498. The number of esters is 1. The highest BCUT2D eigenvalue weighted by molar-refractivity contribution is 7.99. The summed E-state index contributed by atoms with van der Waals surface area (Å²) >= 11 is 7.52. The van der Waals surface area contributed by atoms with Crippen molar-refractivity contribution in [3.05, 3.63) is 101 Å². The van der Waals surface area contributed by atoms with Gasteiger partial charge in [0.05, 0.1) is 12.6 Å². The van der Waals surface area contributed by atoms with Gasteiger partial charge in [-0.05, 0) is 66.7 Å². The molecule has 1 aromatic heterocycles. The number of carbonyl (C=O) groups is 1. The number of carbonyl (C=O) groups excluding carboxylic acids is 1. The molecule has 0 amide bonds. The molecule has 2 heterocycles. The monoisotopic (exact) mass is 472 g/mol. The SMILES string of the molecule is COc1ccc2nc(Sc3ccc(Cl)cc3)c(/C=C3/N=C(c4ccccc4)OC3=O)cc2c1. The number of fused-ring (bicyclic) bond motifs is 1. The van der Waals surface area contributed by atoms with Crippen LogP contribution in [0.4, 0.5) is 0 Å². The highest BCUT2D eigenvalue weighted by atomic mass is 35.5. The lowest BCUT2D eigenvalue weighted by Crippen LogP contribution is -2.05. The number of rotatable bonds is 5. The maximum Gasteiger partial charge on any atom is 0.363 e. The highest BCUT2D eigenvalue weighted by Crippen LogP contribution is 2.34. The van der Waals surface area contributed by atoms with E-state index in [9.17, 15) is 4.79 Å². The Morgan fingerprint density at radius 2 is 1.79 bits per heavy atom. The van der Waals surface area contributed by atoms with Crippen molar-refractivity contribution < 1.29 is 14.3 Å². The molecule has 0 radical (unpaired) electrons. The number of aromatic nitrogens is 1. The maximum atomic E-state index is 12.6. The van der Waals surface area contributed by atoms with Gasteiger partial charge >= 0.3 is 5.97 Å². The molecule has 4 aromatic rings. The summed E-state index contributed by atoms with van der Waals surface area (Å²) in [7, 11) is 1.62. The lowest BCUT2D eigenvalue weighted by molar-refractivity contribution is -0.129. The fourth-order valence-electron chi connectivity index (χ4n) is 3.34. The minimum Gasteiger partial charge on any atom is -0.497 e. The van der Waals surface area contributed by atoms with Crippen LogP contribution in [-0.2, 0) is 9.53 Å². The first-order chi connectivity index (χ1) is 16.1. The quantitative estimate of drug-likeness (QED) is 0.248. The molecule has 0 unspecified atom stereocenters. The number of hydrogen-bond acceptors (Lipinski definition) is 6. The summed E-state index contributed by atoms with van der Waals surface area (Å²) in [5.74, 6) is 0.516. The van der Waals surface area contributed by atoms with Crippen LogP contribution in [0.15, 0.2) is 99.5 Å². The lowest BCUT2D eigenvalue weighted by Gasteiger charge is -2.09. The summed E-state index contributed by atoms with van der Waals surface area (Å²) in [6.45, 7) is 0. The number of pyridine rings is 1. The van der Waals surface area contributed by atoms with E-state index >= 15 is 0 Å². The second kappa shape index (κ2) is 9.10. The fraction of sp³-hybridized carbons (Fsp3) is 0.0385. The molecular weight excluding hydrogens is 456 g/mol. The Hall–Kier alpha value is -3.61. The Kier molecular flexibility index (Phi) is 5.86. The van der Waals surface area contributed by atoms with Crippen molar-refractivity contribution in [2.75, 3.05) is 7.11 Å². The van der Waals surface area contributed by atoms with Crippen molar-refractivity contribution in [3.63, 3.8) is 0 Å². The van der Waals surface area contributed by atoms with Gasteiger partial charge < -0.3 is 9.47 Å². The standard InChI is InChI=1S/C26H17ClN2O3S/c1-31-20-9-12-22-17(14-20)13-18(25(29-22)33-21-10-7-19(27)8-11-21)15-23-26(30)32-24(28-23)16-5-3-2-4-6-16/h2-15H,1H3/b23-15+. The summed E-state index contributed by atoms with van der Waals surface area (Å²) in [5.41, 5.74) is 2.53. The molecule has 0 N–H and O–H groups in total. The number of aliphatic imine (C=N–C) groups is 1. The first-order valence-electron chi connectivity index (χ1n) is 10.1. The van der Waals surface area contributed by atoms with Crippen molar-refractivity contribution >= 4 is 52.2 Å². The van der Waals surface area contributed by atoms with Gasteiger partial charge in [0.15, 0.2) is 5.70 Å². The van der Waals surface area contributed by atoms with E-state index in [0.29, 0.717) is 5.02 Å². The molecule has 0 saturated heterocycles. The Morgan fingerprint density at radius 3 is 2.55 bits per heavy atom. The van der Waals surface area contributed by atoms with E-state index in [0.717, 1.165) is 37.7 Å². The number of ether oxygens (including phenoxy) is 2. The van der Waals surface area contributed by atoms with Crippen molar-refractivity contribution in [2.45, 2.75) is 9.92 Å². The Bertz CT molecular complexity index is 1420. The maximum absolute atomic E-state index is 12.6. The molecule has 0 aliphatic carbocycles. The molecule has 33 heavy (non-hydrogen) atoms. The summed E-state index contributed by atoms with van der Waals surface area (Å²) in [6.07, 6.45) is 1.71. The van der Waals surface area contributed by atoms with Gasteiger partial charge in [0.1, 0.15) is 10.8 Å². The number of halogens is 1. The molecule has 0 spiro atoms. The van der Waals surface area contributed by atoms with Gasteiger partial charge in [-0.25, -0.2) is 14.8 Å². The first-order valence-corrected chi connectivity index (χ1v) is 11.3. The third-order valence-corrected chi connectivity index (χ3v) is 6.26. The molecule has 1 aliphatic heterocycles. The van der Waals surface area contributed by atoms with Crippen molar-refractivity contribution in [1.82, 2.24) is 4.98 Å². The van der Waals surface area contributed by atoms with Crippen LogP contribution in [0.25, 0.3) is 17.0 Å². The van der Waals surface area contributed by atoms with Gasteiger partial charge in [-0.15, -0.1) is 0 Å². The van der Waals surface area contributed by atoms with Gasteiger partial charge in [-0.3, -0.25) is 0 Å². The summed E-state index contributed by atoms with van der Waals surface area (Å²) in [6, 6.07) is 24.5. The van der Waals surface area contributed by atoms with Gasteiger partial charge in [-0.2, -0.15) is 0 Å². The van der Waals surface area contributed by atoms with E-state index in [1.54, 1.807) is 13.2 Å². The summed E-state index contributed by atoms with van der Waals surface area (Å²) < 4.78 is 10.8. The molecule has 3 aromatic carbocycles. The zero-order valence-corrected chi connectivity index (χ0v) is 19.1. The van der Waals surface area contributed by atoms with E-state index in [2.05, 4.69) is 4.99 Å².